The van der Waals surface area contributed by atoms with Crippen molar-refractivity contribution in [2.24, 2.45) is 5.92 Å². The number of likely N-dealkylation sites (tertiary alicyclic amines) is 1. The fourth-order valence-electron chi connectivity index (χ4n) is 4.88. The number of nitrogens with zero attached hydrogens (tertiary/aromatic N) is 4. The molecule has 35 heavy (non-hydrogen) atoms. The third-order valence-electron chi connectivity index (χ3n) is 6.95. The van der Waals surface area contributed by atoms with Crippen molar-refractivity contribution in [1.29, 1.82) is 0 Å². The van der Waals surface area contributed by atoms with E-state index in [0.29, 0.717) is 31.6 Å². The summed E-state index contributed by atoms with van der Waals surface area (Å²) in [6.45, 7) is 9.82. The maximum atomic E-state index is 13.0. The predicted molar refractivity (Wildman–Crippen MR) is 131 cm³/mol. The molecule has 190 valence electrons. The molecule has 4 rings (SSSR count). The minimum atomic E-state index is -4.46. The number of alkyl halides is 3. The molecule has 0 aliphatic carbocycles. The largest absolute Gasteiger partial charge is 0.433 e. The number of piperidine rings is 1. The van der Waals surface area contributed by atoms with Gasteiger partial charge in [0.2, 0.25) is 5.91 Å². The Kier molecular flexibility index (Phi) is 7.84. The fourth-order valence-corrected chi connectivity index (χ4v) is 4.88. The zero-order valence-electron chi connectivity index (χ0n) is 20.4. The van der Waals surface area contributed by atoms with Crippen LogP contribution in [0, 0.1) is 12.8 Å². The standard InChI is InChI=1S/C26H34F3N5O/c1-19-3-5-23(6-4-19)33-15-13-32(14-16-33)18-20(2)25(35)34-11-8-21(9-12-34)31-22-7-10-30-24(17-22)26(27,28)29/h3-7,10,17,20-21H,8-9,11-16,18H2,1-2H3,(H,30,31). The summed E-state index contributed by atoms with van der Waals surface area (Å²) in [6.07, 6.45) is -1.88. The molecule has 1 aromatic carbocycles. The molecule has 0 spiro atoms. The second kappa shape index (κ2) is 10.8. The van der Waals surface area contributed by atoms with Gasteiger partial charge < -0.3 is 15.1 Å². The van der Waals surface area contributed by atoms with Gasteiger partial charge in [-0.1, -0.05) is 24.6 Å². The van der Waals surface area contributed by atoms with Gasteiger partial charge in [-0.2, -0.15) is 13.2 Å². The van der Waals surface area contributed by atoms with Gasteiger partial charge in [0.05, 0.1) is 0 Å². The van der Waals surface area contributed by atoms with Gasteiger partial charge in [0.1, 0.15) is 5.69 Å². The van der Waals surface area contributed by atoms with Crippen LogP contribution in [0.5, 0.6) is 0 Å². The van der Waals surface area contributed by atoms with Gasteiger partial charge in [0.25, 0.3) is 0 Å². The molecule has 2 saturated heterocycles. The van der Waals surface area contributed by atoms with Crippen LogP contribution >= 0.6 is 0 Å². The number of piperazine rings is 1. The Morgan fingerprint density at radius 3 is 2.34 bits per heavy atom. The second-order valence-electron chi connectivity index (χ2n) is 9.70. The lowest BCUT2D eigenvalue weighted by atomic mass is 10.0. The lowest BCUT2D eigenvalue weighted by Crippen LogP contribution is -2.50. The van der Waals surface area contributed by atoms with E-state index in [4.69, 9.17) is 0 Å². The summed E-state index contributed by atoms with van der Waals surface area (Å²) in [5.74, 6) is 0.0765. The van der Waals surface area contributed by atoms with E-state index in [9.17, 15) is 18.0 Å². The Labute approximate surface area is 205 Å². The Balaban J connectivity index is 1.20. The molecule has 1 atom stereocenters. The minimum absolute atomic E-state index is 0.0349. The molecular weight excluding hydrogens is 455 g/mol. The van der Waals surface area contributed by atoms with Crippen LogP contribution in [0.4, 0.5) is 24.5 Å². The normalized spacial score (nSPS) is 19.0. The van der Waals surface area contributed by atoms with E-state index < -0.39 is 11.9 Å². The predicted octanol–water partition coefficient (Wildman–Crippen LogP) is 4.27. The highest BCUT2D eigenvalue weighted by atomic mass is 19.4. The van der Waals surface area contributed by atoms with Crippen LogP contribution in [0.1, 0.15) is 31.0 Å². The highest BCUT2D eigenvalue weighted by Crippen LogP contribution is 2.29. The molecule has 1 amide bonds. The summed E-state index contributed by atoms with van der Waals surface area (Å²) in [7, 11) is 0. The highest BCUT2D eigenvalue weighted by Gasteiger charge is 2.33. The van der Waals surface area contributed by atoms with Crippen molar-refractivity contribution in [3.8, 4) is 0 Å². The zero-order valence-corrected chi connectivity index (χ0v) is 20.4. The molecular formula is C26H34F3N5O. The van der Waals surface area contributed by atoms with Gasteiger partial charge in [0, 0.05) is 75.3 Å². The van der Waals surface area contributed by atoms with Crippen molar-refractivity contribution in [2.45, 2.75) is 38.9 Å². The number of anilines is 2. The topological polar surface area (TPSA) is 51.7 Å². The van der Waals surface area contributed by atoms with Crippen LogP contribution in [0.15, 0.2) is 42.6 Å². The molecule has 2 aliphatic heterocycles. The fraction of sp³-hybridized carbons (Fsp3) is 0.538. The molecule has 2 aliphatic rings. The third-order valence-corrected chi connectivity index (χ3v) is 6.95. The Morgan fingerprint density at radius 1 is 1.06 bits per heavy atom. The van der Waals surface area contributed by atoms with E-state index >= 15 is 0 Å². The number of amides is 1. The molecule has 6 nitrogen and oxygen atoms in total. The minimum Gasteiger partial charge on any atom is -0.382 e. The zero-order chi connectivity index (χ0) is 25.0. The van der Waals surface area contributed by atoms with Gasteiger partial charge in [-0.3, -0.25) is 14.7 Å². The first-order chi connectivity index (χ1) is 16.7. The van der Waals surface area contributed by atoms with Crippen LogP contribution in [-0.2, 0) is 11.0 Å². The van der Waals surface area contributed by atoms with Crippen molar-refractivity contribution in [2.75, 3.05) is 56.0 Å². The maximum Gasteiger partial charge on any atom is 0.433 e. The third kappa shape index (κ3) is 6.66. The lowest BCUT2D eigenvalue weighted by molar-refractivity contribution is -0.141. The molecule has 1 aromatic heterocycles. The molecule has 0 bridgehead atoms. The SMILES string of the molecule is Cc1ccc(N2CCN(CC(C)C(=O)N3CCC(Nc4ccnc(C(F)(F)F)c4)CC3)CC2)cc1. The molecule has 2 fully saturated rings. The van der Waals surface area contributed by atoms with Crippen molar-refractivity contribution in [3.05, 3.63) is 53.9 Å². The van der Waals surface area contributed by atoms with Crippen LogP contribution in [-0.4, -0.2) is 72.5 Å². The number of hydrogen-bond donors (Lipinski definition) is 1. The van der Waals surface area contributed by atoms with E-state index in [1.165, 1.54) is 17.4 Å². The number of pyridine rings is 1. The molecule has 1 unspecified atom stereocenters. The number of aryl methyl sites for hydroxylation is 1. The summed E-state index contributed by atoms with van der Waals surface area (Å²) in [4.78, 5) is 23.1. The number of halogens is 3. The van der Waals surface area contributed by atoms with Gasteiger partial charge >= 0.3 is 6.18 Å². The summed E-state index contributed by atoms with van der Waals surface area (Å²) in [5, 5.41) is 3.18. The van der Waals surface area contributed by atoms with Gasteiger partial charge in [0.15, 0.2) is 0 Å². The van der Waals surface area contributed by atoms with Crippen molar-refractivity contribution in [3.63, 3.8) is 0 Å². The number of nitrogens with one attached hydrogen (secondary N) is 1. The van der Waals surface area contributed by atoms with Crippen molar-refractivity contribution >= 4 is 17.3 Å². The average Bonchev–Trinajstić information content (AvgIpc) is 2.85. The van der Waals surface area contributed by atoms with E-state index in [-0.39, 0.29) is 17.9 Å². The maximum absolute atomic E-state index is 13.0. The number of hydrogen-bond acceptors (Lipinski definition) is 5. The first-order valence-corrected chi connectivity index (χ1v) is 12.3. The number of rotatable bonds is 6. The van der Waals surface area contributed by atoms with Crippen LogP contribution in [0.3, 0.4) is 0 Å². The van der Waals surface area contributed by atoms with Crippen molar-refractivity contribution < 1.29 is 18.0 Å². The van der Waals surface area contributed by atoms with Gasteiger partial charge in [-0.25, -0.2) is 0 Å². The lowest BCUT2D eigenvalue weighted by Gasteiger charge is -2.38. The highest BCUT2D eigenvalue weighted by molar-refractivity contribution is 5.78. The quantitative estimate of drug-likeness (QED) is 0.657. The summed E-state index contributed by atoms with van der Waals surface area (Å²) in [6, 6.07) is 11.2. The Bertz CT molecular complexity index is 981. The van der Waals surface area contributed by atoms with Gasteiger partial charge in [-0.05, 0) is 44.0 Å². The molecule has 3 heterocycles. The molecule has 0 saturated carbocycles. The molecule has 9 heteroatoms. The van der Waals surface area contributed by atoms with Gasteiger partial charge in [-0.15, -0.1) is 0 Å². The molecule has 1 N–H and O–H groups in total. The molecule has 2 aromatic rings. The second-order valence-corrected chi connectivity index (χ2v) is 9.70. The number of benzene rings is 1. The van der Waals surface area contributed by atoms with E-state index in [2.05, 4.69) is 51.3 Å². The van der Waals surface area contributed by atoms with Crippen LogP contribution in [0.2, 0.25) is 0 Å². The van der Waals surface area contributed by atoms with Crippen LogP contribution < -0.4 is 10.2 Å². The van der Waals surface area contributed by atoms with Crippen LogP contribution in [0.25, 0.3) is 0 Å². The van der Waals surface area contributed by atoms with E-state index in [1.807, 2.05) is 11.8 Å². The summed E-state index contributed by atoms with van der Waals surface area (Å²) in [5.41, 5.74) is 2.02. The number of carbonyl (C=O) groups is 1. The van der Waals surface area contributed by atoms with E-state index in [0.717, 1.165) is 38.8 Å². The number of carbonyl (C=O) groups excluding carboxylic acids is 1. The smallest absolute Gasteiger partial charge is 0.382 e. The van der Waals surface area contributed by atoms with E-state index in [1.54, 1.807) is 6.07 Å². The average molecular weight is 490 g/mol. The first kappa shape index (κ1) is 25.3. The Hall–Kier alpha value is -2.81. The summed E-state index contributed by atoms with van der Waals surface area (Å²) < 4.78 is 38.7. The number of aromatic nitrogens is 1. The van der Waals surface area contributed by atoms with Crippen molar-refractivity contribution in [1.82, 2.24) is 14.8 Å². The summed E-state index contributed by atoms with van der Waals surface area (Å²) >= 11 is 0. The monoisotopic (exact) mass is 489 g/mol. The first-order valence-electron chi connectivity index (χ1n) is 12.3. The molecule has 0 radical (unpaired) electrons. The Morgan fingerprint density at radius 2 is 1.71 bits per heavy atom.